The molecule has 0 unspecified atom stereocenters. The van der Waals surface area contributed by atoms with Crippen molar-refractivity contribution in [3.8, 4) is 0 Å². The highest BCUT2D eigenvalue weighted by molar-refractivity contribution is 14.1. The van der Waals surface area contributed by atoms with Gasteiger partial charge >= 0.3 is 5.30 Å². The van der Waals surface area contributed by atoms with Gasteiger partial charge in [0.25, 0.3) is 0 Å². The number of ether oxygens (including phenoxy) is 1. The zero-order chi connectivity index (χ0) is 12.8. The molecule has 0 aliphatic heterocycles. The van der Waals surface area contributed by atoms with Gasteiger partial charge in [-0.05, 0) is 47.7 Å². The average molecular weight is 402 g/mol. The van der Waals surface area contributed by atoms with E-state index in [-0.39, 0.29) is 0 Å². The van der Waals surface area contributed by atoms with Crippen LogP contribution in [-0.4, -0.2) is 16.2 Å². The van der Waals surface area contributed by atoms with E-state index < -0.39 is 5.30 Å². The summed E-state index contributed by atoms with van der Waals surface area (Å²) in [5.41, 5.74) is 0.747. The summed E-state index contributed by atoms with van der Waals surface area (Å²) in [6.07, 6.45) is 0. The van der Waals surface area contributed by atoms with Crippen molar-refractivity contribution in [3.63, 3.8) is 0 Å². The Morgan fingerprint density at radius 1 is 1.65 bits per heavy atom. The number of nitrogens with one attached hydrogen (secondary N) is 1. The third-order valence-corrected chi connectivity index (χ3v) is 4.10. The molecule has 17 heavy (non-hydrogen) atoms. The molecule has 0 bridgehead atoms. The van der Waals surface area contributed by atoms with Crippen LogP contribution in [0, 0.1) is 3.57 Å². The van der Waals surface area contributed by atoms with Gasteiger partial charge in [-0.15, -0.1) is 0 Å². The lowest BCUT2D eigenvalue weighted by Crippen LogP contribution is -2.09. The van der Waals surface area contributed by atoms with E-state index in [1.165, 1.54) is 0 Å². The normalized spacial score (nSPS) is 9.82. The van der Waals surface area contributed by atoms with Crippen molar-refractivity contribution in [2.45, 2.75) is 6.92 Å². The minimum atomic E-state index is -0.415. The second kappa shape index (κ2) is 7.40. The molecule has 1 aromatic rings. The Kier molecular flexibility index (Phi) is 6.53. The lowest BCUT2D eigenvalue weighted by atomic mass is 10.3. The van der Waals surface area contributed by atoms with Crippen LogP contribution in [0.5, 0.6) is 0 Å². The second-order valence-electron chi connectivity index (χ2n) is 2.83. The summed E-state index contributed by atoms with van der Waals surface area (Å²) >= 11 is 13.9. The number of thioether (sulfide) groups is 1. The topological polar surface area (TPSA) is 38.3 Å². The third kappa shape index (κ3) is 5.41. The maximum Gasteiger partial charge on any atom is 0.374 e. The second-order valence-corrected chi connectivity index (χ2v) is 6.01. The first kappa shape index (κ1) is 15.0. The smallest absolute Gasteiger partial charge is 0.374 e. The fraction of sp³-hybridized carbons (Fsp3) is 0.200. The van der Waals surface area contributed by atoms with Gasteiger partial charge in [0.15, 0.2) is 0 Å². The molecular formula is C10H9ClINO2S2. The Hall–Kier alpha value is -0.0500. The van der Waals surface area contributed by atoms with Gasteiger partial charge in [-0.2, -0.15) is 0 Å². The highest BCUT2D eigenvalue weighted by Crippen LogP contribution is 2.23. The van der Waals surface area contributed by atoms with Crippen molar-refractivity contribution >= 4 is 73.5 Å². The van der Waals surface area contributed by atoms with E-state index in [1.807, 2.05) is 12.1 Å². The average Bonchev–Trinajstić information content (AvgIpc) is 2.23. The molecule has 7 heteroatoms. The minimum Gasteiger partial charge on any atom is -0.458 e. The van der Waals surface area contributed by atoms with E-state index in [9.17, 15) is 4.79 Å². The Bertz CT molecular complexity index is 442. The summed E-state index contributed by atoms with van der Waals surface area (Å²) in [4.78, 5) is 11.2. The number of carbonyl (C=O) groups is 1. The zero-order valence-electron chi connectivity index (χ0n) is 8.83. The molecule has 0 aromatic heterocycles. The number of benzene rings is 1. The molecule has 0 saturated heterocycles. The monoisotopic (exact) mass is 401 g/mol. The van der Waals surface area contributed by atoms with Gasteiger partial charge in [-0.3, -0.25) is 0 Å². The highest BCUT2D eigenvalue weighted by atomic mass is 127. The summed E-state index contributed by atoms with van der Waals surface area (Å²) in [7, 11) is 0. The summed E-state index contributed by atoms with van der Waals surface area (Å²) in [5.74, 6) is 0. The quantitative estimate of drug-likeness (QED) is 0.448. The van der Waals surface area contributed by atoms with E-state index in [2.05, 4.69) is 27.9 Å². The van der Waals surface area contributed by atoms with E-state index >= 15 is 0 Å². The van der Waals surface area contributed by atoms with Crippen LogP contribution in [0.4, 0.5) is 10.5 Å². The number of carbonyl (C=O) groups excluding carboxylic acids is 1. The van der Waals surface area contributed by atoms with Crippen LogP contribution in [0.1, 0.15) is 6.92 Å². The van der Waals surface area contributed by atoms with Crippen LogP contribution in [0.25, 0.3) is 0 Å². The van der Waals surface area contributed by atoms with Crippen molar-refractivity contribution in [1.82, 2.24) is 0 Å². The molecule has 1 rings (SSSR count). The largest absolute Gasteiger partial charge is 0.458 e. The maximum atomic E-state index is 11.2. The van der Waals surface area contributed by atoms with Gasteiger partial charge in [0, 0.05) is 21.0 Å². The van der Waals surface area contributed by atoms with E-state index in [0.29, 0.717) is 16.0 Å². The molecule has 0 radical (unpaired) electrons. The molecule has 1 aromatic carbocycles. The number of thiocarbonyl (C=S) groups is 1. The molecule has 3 nitrogen and oxygen atoms in total. The van der Waals surface area contributed by atoms with Crippen molar-refractivity contribution in [2.75, 3.05) is 11.9 Å². The van der Waals surface area contributed by atoms with Gasteiger partial charge in [0.05, 0.1) is 11.6 Å². The summed E-state index contributed by atoms with van der Waals surface area (Å²) < 4.78 is 6.05. The fourth-order valence-corrected chi connectivity index (χ4v) is 2.28. The van der Waals surface area contributed by atoms with Crippen LogP contribution in [-0.2, 0) is 4.74 Å². The number of halogens is 2. The molecule has 0 aliphatic rings. The standard InChI is InChI=1S/C10H9ClINO2S2/c1-2-15-10(14)17-9(16)13-6-3-4-8(12)7(11)5-6/h3-5H,2H2,1H3,(H,13,16). The van der Waals surface area contributed by atoms with Gasteiger partial charge in [0.2, 0.25) is 0 Å². The molecule has 0 fully saturated rings. The number of hydrogen-bond donors (Lipinski definition) is 1. The Morgan fingerprint density at radius 2 is 2.35 bits per heavy atom. The van der Waals surface area contributed by atoms with Crippen LogP contribution in [0.15, 0.2) is 18.2 Å². The molecule has 0 atom stereocenters. The summed E-state index contributed by atoms with van der Waals surface area (Å²) in [6.45, 7) is 2.08. The molecular weight excluding hydrogens is 393 g/mol. The van der Waals surface area contributed by atoms with Crippen molar-refractivity contribution in [1.29, 1.82) is 0 Å². The molecule has 92 valence electrons. The third-order valence-electron chi connectivity index (χ3n) is 1.60. The summed E-state index contributed by atoms with van der Waals surface area (Å²) in [5, 5.41) is 3.13. The van der Waals surface area contributed by atoms with Crippen LogP contribution < -0.4 is 5.32 Å². The first-order valence-electron chi connectivity index (χ1n) is 4.63. The zero-order valence-corrected chi connectivity index (χ0v) is 13.4. The fourth-order valence-electron chi connectivity index (χ4n) is 0.940. The SMILES string of the molecule is CCOC(=O)SC(=S)Nc1ccc(I)c(Cl)c1. The predicted molar refractivity (Wildman–Crippen MR) is 85.0 cm³/mol. The predicted octanol–water partition coefficient (Wildman–Crippen LogP) is 4.53. The Balaban J connectivity index is 2.56. The van der Waals surface area contributed by atoms with E-state index in [1.54, 1.807) is 13.0 Å². The molecule has 0 heterocycles. The van der Waals surface area contributed by atoms with Crippen molar-refractivity contribution in [3.05, 3.63) is 26.8 Å². The van der Waals surface area contributed by atoms with Gasteiger partial charge in [0.1, 0.15) is 4.32 Å². The first-order chi connectivity index (χ1) is 8.02. The molecule has 0 saturated carbocycles. The molecule has 0 aliphatic carbocycles. The van der Waals surface area contributed by atoms with Gasteiger partial charge in [-0.25, -0.2) is 4.79 Å². The van der Waals surface area contributed by atoms with Crippen molar-refractivity contribution < 1.29 is 9.53 Å². The van der Waals surface area contributed by atoms with E-state index in [4.69, 9.17) is 28.6 Å². The Labute approximate surface area is 128 Å². The first-order valence-corrected chi connectivity index (χ1v) is 7.31. The molecule has 0 spiro atoms. The minimum absolute atomic E-state index is 0.334. The summed E-state index contributed by atoms with van der Waals surface area (Å²) in [6, 6.07) is 5.45. The van der Waals surface area contributed by atoms with Crippen molar-refractivity contribution in [2.24, 2.45) is 0 Å². The Morgan fingerprint density at radius 3 is 2.94 bits per heavy atom. The van der Waals surface area contributed by atoms with Crippen LogP contribution in [0.3, 0.4) is 0 Å². The van der Waals surface area contributed by atoms with Gasteiger partial charge < -0.3 is 10.1 Å². The molecule has 1 N–H and O–H groups in total. The van der Waals surface area contributed by atoms with Crippen LogP contribution in [0.2, 0.25) is 5.02 Å². The number of rotatable bonds is 2. The van der Waals surface area contributed by atoms with E-state index in [0.717, 1.165) is 21.0 Å². The molecule has 0 amide bonds. The number of anilines is 1. The highest BCUT2D eigenvalue weighted by Gasteiger charge is 2.08. The lowest BCUT2D eigenvalue weighted by molar-refractivity contribution is 0.182. The number of hydrogen-bond acceptors (Lipinski definition) is 4. The lowest BCUT2D eigenvalue weighted by Gasteiger charge is -2.07. The van der Waals surface area contributed by atoms with Gasteiger partial charge in [-0.1, -0.05) is 23.8 Å². The maximum absolute atomic E-state index is 11.2. The van der Waals surface area contributed by atoms with Crippen LogP contribution >= 0.6 is 58.2 Å².